The molecule has 0 radical (unpaired) electrons. The topological polar surface area (TPSA) is 33.5 Å². The van der Waals surface area contributed by atoms with Gasteiger partial charge in [-0.05, 0) is 65.9 Å². The molecule has 1 aromatic heterocycles. The van der Waals surface area contributed by atoms with Crippen LogP contribution in [0.1, 0.15) is 22.6 Å². The van der Waals surface area contributed by atoms with Gasteiger partial charge in [-0.3, -0.25) is 0 Å². The fourth-order valence-corrected chi connectivity index (χ4v) is 7.68. The summed E-state index contributed by atoms with van der Waals surface area (Å²) in [5.41, 5.74) is 6.23. The highest BCUT2D eigenvalue weighted by Crippen LogP contribution is 2.70. The first-order valence-electron chi connectivity index (χ1n) is 12.7. The van der Waals surface area contributed by atoms with Gasteiger partial charge in [0.1, 0.15) is 5.82 Å². The van der Waals surface area contributed by atoms with Crippen LogP contribution in [0.3, 0.4) is 0 Å². The predicted octanol–water partition coefficient (Wildman–Crippen LogP) is 5.34. The van der Waals surface area contributed by atoms with Crippen molar-refractivity contribution in [1.29, 1.82) is 0 Å². The molecule has 3 aromatic carbocycles. The molecule has 3 aliphatic rings. The summed E-state index contributed by atoms with van der Waals surface area (Å²) in [4.78, 5) is 0. The number of morpholine rings is 1. The number of benzene rings is 3. The summed E-state index contributed by atoms with van der Waals surface area (Å²) in [5, 5.41) is 5.80. The Hall–Kier alpha value is -2.71. The maximum Gasteiger partial charge on any atom is 0.123 e. The van der Waals surface area contributed by atoms with E-state index in [1.54, 1.807) is 12.1 Å². The number of aromatic nitrogens is 2. The van der Waals surface area contributed by atoms with Crippen molar-refractivity contribution in [3.8, 4) is 5.69 Å². The molecule has 5 nitrogen and oxygen atoms in total. The zero-order chi connectivity index (χ0) is 24.3. The molecule has 1 aliphatic carbocycles. The molecule has 0 bridgehead atoms. The van der Waals surface area contributed by atoms with Gasteiger partial charge in [0.15, 0.2) is 0 Å². The van der Waals surface area contributed by atoms with Crippen molar-refractivity contribution in [1.82, 2.24) is 18.4 Å². The molecule has 184 valence electrons. The number of nitrogens with zero attached hydrogens (tertiary/aromatic N) is 4. The molecule has 3 unspecified atom stereocenters. The Morgan fingerprint density at radius 1 is 1.00 bits per heavy atom. The van der Waals surface area contributed by atoms with Crippen LogP contribution < -0.4 is 0 Å². The SMILES string of the molecule is Cc1cc2c(cnn2-c2ccc(F)cc2)cc1C12CN(SN3CCOCC3)CC1C2c1ccccc1. The van der Waals surface area contributed by atoms with Gasteiger partial charge < -0.3 is 4.74 Å². The Kier molecular flexibility index (Phi) is 5.43. The quantitative estimate of drug-likeness (QED) is 0.346. The van der Waals surface area contributed by atoms with Crippen LogP contribution in [0.2, 0.25) is 0 Å². The van der Waals surface area contributed by atoms with E-state index in [9.17, 15) is 4.39 Å². The van der Waals surface area contributed by atoms with Crippen molar-refractivity contribution in [2.45, 2.75) is 18.3 Å². The third-order valence-electron chi connectivity index (χ3n) is 8.19. The number of fused-ring (bicyclic) bond motifs is 2. The summed E-state index contributed by atoms with van der Waals surface area (Å²) in [6.07, 6.45) is 1.95. The van der Waals surface area contributed by atoms with Gasteiger partial charge in [0, 0.05) is 55.0 Å². The highest BCUT2D eigenvalue weighted by molar-refractivity contribution is 7.94. The first kappa shape index (κ1) is 22.5. The van der Waals surface area contributed by atoms with Crippen LogP contribution in [-0.4, -0.2) is 57.8 Å². The molecule has 0 N–H and O–H groups in total. The summed E-state index contributed by atoms with van der Waals surface area (Å²) >= 11 is 1.90. The Morgan fingerprint density at radius 3 is 2.56 bits per heavy atom. The van der Waals surface area contributed by atoms with Gasteiger partial charge in [-0.1, -0.05) is 30.3 Å². The van der Waals surface area contributed by atoms with E-state index in [1.807, 2.05) is 23.0 Å². The standard InChI is InChI=1S/C29H29FN4OS/c1-20-15-27-22(17-31-34(27)24-9-7-23(30)8-10-24)16-25(20)29-19-33(36-32-11-13-35-14-12-32)18-26(29)28(29)21-5-3-2-4-6-21/h2-10,15-17,26,28H,11-14,18-19H2,1H3. The molecular formula is C29H29FN4OS. The number of ether oxygens (including phenoxy) is 1. The van der Waals surface area contributed by atoms with Crippen LogP contribution in [0.15, 0.2) is 72.9 Å². The van der Waals surface area contributed by atoms with E-state index in [0.717, 1.165) is 56.0 Å². The van der Waals surface area contributed by atoms with Gasteiger partial charge in [-0.2, -0.15) is 5.10 Å². The molecule has 36 heavy (non-hydrogen) atoms. The van der Waals surface area contributed by atoms with Crippen LogP contribution in [-0.2, 0) is 10.2 Å². The number of hydrogen-bond donors (Lipinski definition) is 0. The molecule has 3 atom stereocenters. The molecule has 3 heterocycles. The third kappa shape index (κ3) is 3.60. The molecule has 0 spiro atoms. The Bertz CT molecular complexity index is 1400. The van der Waals surface area contributed by atoms with Crippen molar-refractivity contribution < 1.29 is 9.13 Å². The average Bonchev–Trinajstić information content (AvgIpc) is 3.15. The van der Waals surface area contributed by atoms with E-state index in [-0.39, 0.29) is 11.2 Å². The average molecular weight is 501 g/mol. The van der Waals surface area contributed by atoms with Gasteiger partial charge in [0.05, 0.1) is 30.6 Å². The van der Waals surface area contributed by atoms with E-state index in [2.05, 4.69) is 63.1 Å². The van der Waals surface area contributed by atoms with Crippen LogP contribution >= 0.6 is 12.1 Å². The van der Waals surface area contributed by atoms with Gasteiger partial charge in [0.25, 0.3) is 0 Å². The lowest BCUT2D eigenvalue weighted by molar-refractivity contribution is 0.0758. The minimum absolute atomic E-state index is 0.108. The van der Waals surface area contributed by atoms with Crippen LogP contribution in [0.5, 0.6) is 0 Å². The minimum atomic E-state index is -0.236. The van der Waals surface area contributed by atoms with Crippen LogP contribution in [0.4, 0.5) is 4.39 Å². The van der Waals surface area contributed by atoms with Gasteiger partial charge in [-0.15, -0.1) is 0 Å². The van der Waals surface area contributed by atoms with Crippen molar-refractivity contribution >= 4 is 23.0 Å². The summed E-state index contributed by atoms with van der Waals surface area (Å²) in [5.74, 6) is 0.889. The Labute approximate surface area is 215 Å². The molecular weight excluding hydrogens is 471 g/mol. The summed E-state index contributed by atoms with van der Waals surface area (Å²) in [6, 6.07) is 22.2. The van der Waals surface area contributed by atoms with E-state index in [1.165, 1.54) is 28.8 Å². The minimum Gasteiger partial charge on any atom is -0.379 e. The van der Waals surface area contributed by atoms with Crippen molar-refractivity contribution in [3.05, 3.63) is 95.4 Å². The van der Waals surface area contributed by atoms with Gasteiger partial charge >= 0.3 is 0 Å². The normalized spacial score (nSPS) is 26.4. The lowest BCUT2D eigenvalue weighted by atomic mass is 9.87. The maximum absolute atomic E-state index is 13.5. The first-order valence-corrected chi connectivity index (χ1v) is 13.4. The zero-order valence-electron chi connectivity index (χ0n) is 20.3. The summed E-state index contributed by atoms with van der Waals surface area (Å²) in [7, 11) is 0. The molecule has 0 amide bonds. The number of piperidine rings is 1. The van der Waals surface area contributed by atoms with E-state index >= 15 is 0 Å². The van der Waals surface area contributed by atoms with Gasteiger partial charge in [-0.25, -0.2) is 17.7 Å². The highest BCUT2D eigenvalue weighted by Gasteiger charge is 2.70. The van der Waals surface area contributed by atoms with E-state index in [0.29, 0.717) is 11.8 Å². The van der Waals surface area contributed by atoms with Crippen molar-refractivity contribution in [2.24, 2.45) is 5.92 Å². The highest BCUT2D eigenvalue weighted by atomic mass is 32.2. The molecule has 7 rings (SSSR count). The maximum atomic E-state index is 13.5. The fraction of sp³-hybridized carbons (Fsp3) is 0.345. The van der Waals surface area contributed by atoms with Crippen molar-refractivity contribution in [2.75, 3.05) is 39.4 Å². The Morgan fingerprint density at radius 2 is 1.78 bits per heavy atom. The first-order chi connectivity index (χ1) is 17.6. The molecule has 1 saturated carbocycles. The number of halogens is 1. The van der Waals surface area contributed by atoms with Crippen LogP contribution in [0.25, 0.3) is 16.6 Å². The number of rotatable bonds is 5. The predicted molar refractivity (Wildman–Crippen MR) is 142 cm³/mol. The zero-order valence-corrected chi connectivity index (χ0v) is 21.1. The number of hydrogen-bond acceptors (Lipinski definition) is 5. The number of aryl methyl sites for hydroxylation is 1. The fourth-order valence-electron chi connectivity index (χ4n) is 6.54. The molecule has 7 heteroatoms. The summed E-state index contributed by atoms with van der Waals surface area (Å²) < 4.78 is 26.0. The molecule has 2 saturated heterocycles. The smallest absolute Gasteiger partial charge is 0.123 e. The van der Waals surface area contributed by atoms with E-state index in [4.69, 9.17) is 4.74 Å². The van der Waals surface area contributed by atoms with Crippen molar-refractivity contribution in [3.63, 3.8) is 0 Å². The lowest BCUT2D eigenvalue weighted by Gasteiger charge is -2.31. The summed E-state index contributed by atoms with van der Waals surface area (Å²) in [6.45, 7) is 7.96. The third-order valence-corrected chi connectivity index (χ3v) is 9.30. The second-order valence-electron chi connectivity index (χ2n) is 10.2. The second-order valence-corrected chi connectivity index (χ2v) is 11.4. The van der Waals surface area contributed by atoms with Crippen LogP contribution in [0, 0.1) is 18.7 Å². The molecule has 3 fully saturated rings. The Balaban J connectivity index is 1.26. The monoisotopic (exact) mass is 500 g/mol. The van der Waals surface area contributed by atoms with Gasteiger partial charge in [0.2, 0.25) is 0 Å². The van der Waals surface area contributed by atoms with E-state index < -0.39 is 0 Å². The lowest BCUT2D eigenvalue weighted by Crippen LogP contribution is -2.35. The largest absolute Gasteiger partial charge is 0.379 e. The molecule has 4 aromatic rings. The molecule has 2 aliphatic heterocycles. The second kappa shape index (κ2) is 8.70.